The van der Waals surface area contributed by atoms with Crippen LogP contribution in [-0.4, -0.2) is 6.61 Å². The van der Waals surface area contributed by atoms with E-state index in [1.807, 2.05) is 0 Å². The van der Waals surface area contributed by atoms with E-state index in [0.717, 1.165) is 54.8 Å². The lowest BCUT2D eigenvalue weighted by Gasteiger charge is -2.38. The highest BCUT2D eigenvalue weighted by atomic mass is 32.1. The summed E-state index contributed by atoms with van der Waals surface area (Å²) < 4.78 is 51.2. The highest BCUT2D eigenvalue weighted by Crippen LogP contribution is 2.46. The molecule has 2 aliphatic carbocycles. The van der Waals surface area contributed by atoms with Crippen molar-refractivity contribution in [2.24, 2.45) is 17.8 Å². The number of halogens is 3. The van der Waals surface area contributed by atoms with Crippen molar-refractivity contribution in [2.75, 3.05) is 6.61 Å². The molecule has 36 heavy (non-hydrogen) atoms. The Labute approximate surface area is 217 Å². The van der Waals surface area contributed by atoms with Crippen LogP contribution in [0.25, 0.3) is 20.5 Å². The van der Waals surface area contributed by atoms with Crippen molar-refractivity contribution >= 4 is 21.4 Å². The monoisotopic (exact) mass is 514 g/mol. The van der Waals surface area contributed by atoms with E-state index in [2.05, 4.69) is 6.92 Å². The average Bonchev–Trinajstić information content (AvgIpc) is 3.33. The summed E-state index contributed by atoms with van der Waals surface area (Å²) in [6.45, 7) is 4.45. The molecular formula is C31H37F3OS. The van der Waals surface area contributed by atoms with Gasteiger partial charge in [0.2, 0.25) is 0 Å². The molecular weight excluding hydrogens is 477 g/mol. The fourth-order valence-corrected chi connectivity index (χ4v) is 7.89. The molecule has 0 aliphatic heterocycles. The van der Waals surface area contributed by atoms with Gasteiger partial charge in [-0.15, -0.1) is 11.3 Å². The maximum Gasteiger partial charge on any atom is 0.182 e. The minimum Gasteiger partial charge on any atom is -0.491 e. The topological polar surface area (TPSA) is 9.23 Å². The molecule has 0 saturated heterocycles. The number of fused-ring (bicyclic) bond motifs is 1. The summed E-state index contributed by atoms with van der Waals surface area (Å²) in [4.78, 5) is 0.530. The molecule has 0 N–H and O–H groups in total. The third-order valence-electron chi connectivity index (χ3n) is 8.73. The molecule has 5 heteroatoms. The number of rotatable bonds is 7. The zero-order valence-corrected chi connectivity index (χ0v) is 22.2. The molecule has 5 rings (SSSR count). The molecule has 2 aromatic carbocycles. The summed E-state index contributed by atoms with van der Waals surface area (Å²) in [7, 11) is 0. The van der Waals surface area contributed by atoms with Gasteiger partial charge in [0.25, 0.3) is 0 Å². The predicted molar refractivity (Wildman–Crippen MR) is 143 cm³/mol. The SMILES string of the molecule is CCCC1CCC(C2CCC(c3ccc(-c4cc5ccc(OCC)c(F)c5s4)c(F)c3F)CC2)CC1. The van der Waals surface area contributed by atoms with E-state index in [1.165, 1.54) is 38.5 Å². The Morgan fingerprint density at radius 2 is 1.50 bits per heavy atom. The van der Waals surface area contributed by atoms with Crippen LogP contribution in [0, 0.1) is 35.2 Å². The largest absolute Gasteiger partial charge is 0.491 e. The second-order valence-corrected chi connectivity index (χ2v) is 11.9. The third kappa shape index (κ3) is 5.05. The van der Waals surface area contributed by atoms with Gasteiger partial charge in [-0.1, -0.05) is 44.7 Å². The van der Waals surface area contributed by atoms with E-state index in [1.54, 1.807) is 37.3 Å². The molecule has 0 amide bonds. The summed E-state index contributed by atoms with van der Waals surface area (Å²) in [6.07, 6.45) is 12.2. The van der Waals surface area contributed by atoms with Crippen LogP contribution in [0.3, 0.4) is 0 Å². The maximum atomic E-state index is 15.3. The van der Waals surface area contributed by atoms with Gasteiger partial charge in [0, 0.05) is 10.4 Å². The minimum atomic E-state index is -0.819. The average molecular weight is 515 g/mol. The summed E-state index contributed by atoms with van der Waals surface area (Å²) in [6, 6.07) is 8.53. The van der Waals surface area contributed by atoms with E-state index < -0.39 is 17.5 Å². The number of hydrogen-bond donors (Lipinski definition) is 0. The van der Waals surface area contributed by atoms with Gasteiger partial charge in [-0.3, -0.25) is 0 Å². The van der Waals surface area contributed by atoms with Gasteiger partial charge in [0.1, 0.15) is 0 Å². The predicted octanol–water partition coefficient (Wildman–Crippen LogP) is 10.3. The summed E-state index contributed by atoms with van der Waals surface area (Å²) in [5.74, 6) is 0.747. The quantitative estimate of drug-likeness (QED) is 0.305. The van der Waals surface area contributed by atoms with Crippen LogP contribution in [0.4, 0.5) is 13.2 Å². The van der Waals surface area contributed by atoms with E-state index >= 15 is 8.78 Å². The fraction of sp³-hybridized carbons (Fsp3) is 0.548. The van der Waals surface area contributed by atoms with Gasteiger partial charge in [-0.25, -0.2) is 13.2 Å². The standard InChI is InChI=1S/C31H37F3OS/c1-3-5-19-6-8-20(9-7-19)21-10-12-22(13-11-21)24-15-16-25(29(33)28(24)32)27-18-23-14-17-26(35-4-2)30(34)31(23)36-27/h14-22H,3-13H2,1-2H3. The van der Waals surface area contributed by atoms with E-state index in [-0.39, 0.29) is 17.2 Å². The van der Waals surface area contributed by atoms with Crippen LogP contribution in [0.1, 0.15) is 89.5 Å². The van der Waals surface area contributed by atoms with Crippen molar-refractivity contribution in [1.82, 2.24) is 0 Å². The zero-order chi connectivity index (χ0) is 25.2. The molecule has 0 bridgehead atoms. The number of ether oxygens (including phenoxy) is 1. The molecule has 3 aromatic rings. The maximum absolute atomic E-state index is 15.3. The van der Waals surface area contributed by atoms with Gasteiger partial charge in [0.05, 0.1) is 11.3 Å². The Bertz CT molecular complexity index is 1190. The van der Waals surface area contributed by atoms with Crippen molar-refractivity contribution in [3.8, 4) is 16.2 Å². The van der Waals surface area contributed by atoms with Crippen molar-refractivity contribution in [1.29, 1.82) is 0 Å². The Morgan fingerprint density at radius 1 is 0.806 bits per heavy atom. The van der Waals surface area contributed by atoms with Gasteiger partial charge in [-0.05, 0) is 98.3 Å². The normalized spacial score (nSPS) is 24.8. The third-order valence-corrected chi connectivity index (χ3v) is 9.91. The first-order valence-electron chi connectivity index (χ1n) is 13.8. The summed E-state index contributed by atoms with van der Waals surface area (Å²) in [5, 5.41) is 0.668. The lowest BCUT2D eigenvalue weighted by molar-refractivity contribution is 0.156. The van der Waals surface area contributed by atoms with Crippen molar-refractivity contribution in [3.63, 3.8) is 0 Å². The second kappa shape index (κ2) is 11.2. The Hall–Kier alpha value is -2.01. The highest BCUT2D eigenvalue weighted by Gasteiger charge is 2.32. The molecule has 0 unspecified atom stereocenters. The van der Waals surface area contributed by atoms with Crippen molar-refractivity contribution in [3.05, 3.63) is 53.3 Å². The molecule has 0 radical (unpaired) electrons. The smallest absolute Gasteiger partial charge is 0.182 e. The molecule has 194 valence electrons. The zero-order valence-electron chi connectivity index (χ0n) is 21.4. The molecule has 1 nitrogen and oxygen atoms in total. The van der Waals surface area contributed by atoms with Gasteiger partial charge in [-0.2, -0.15) is 0 Å². The van der Waals surface area contributed by atoms with Crippen LogP contribution in [0.15, 0.2) is 30.3 Å². The number of thiophene rings is 1. The lowest BCUT2D eigenvalue weighted by atomic mass is 9.68. The van der Waals surface area contributed by atoms with Crippen LogP contribution < -0.4 is 4.74 Å². The number of benzene rings is 2. The Kier molecular flexibility index (Phi) is 7.95. The summed E-state index contributed by atoms with van der Waals surface area (Å²) in [5.41, 5.74) is 0.708. The number of hydrogen-bond acceptors (Lipinski definition) is 2. The molecule has 2 saturated carbocycles. The molecule has 2 aliphatic rings. The molecule has 0 spiro atoms. The first-order chi connectivity index (χ1) is 17.5. The lowest BCUT2D eigenvalue weighted by Crippen LogP contribution is -2.25. The second-order valence-electron chi connectivity index (χ2n) is 10.9. The molecule has 0 atom stereocenters. The summed E-state index contributed by atoms with van der Waals surface area (Å²) >= 11 is 1.14. The van der Waals surface area contributed by atoms with E-state index in [9.17, 15) is 4.39 Å². The molecule has 1 heterocycles. The van der Waals surface area contributed by atoms with Crippen molar-refractivity contribution in [2.45, 2.75) is 84.0 Å². The molecule has 1 aromatic heterocycles. The van der Waals surface area contributed by atoms with Gasteiger partial charge < -0.3 is 4.74 Å². The van der Waals surface area contributed by atoms with Crippen molar-refractivity contribution < 1.29 is 17.9 Å². The first kappa shape index (κ1) is 25.6. The fourth-order valence-electron chi connectivity index (χ4n) is 6.78. The molecule has 2 fully saturated rings. The highest BCUT2D eigenvalue weighted by molar-refractivity contribution is 7.22. The van der Waals surface area contributed by atoms with Gasteiger partial charge in [0.15, 0.2) is 23.2 Å². The first-order valence-corrected chi connectivity index (χ1v) is 14.6. The van der Waals surface area contributed by atoms with Crippen LogP contribution in [-0.2, 0) is 0 Å². The minimum absolute atomic E-state index is 0.0785. The van der Waals surface area contributed by atoms with Crippen LogP contribution >= 0.6 is 11.3 Å². The van der Waals surface area contributed by atoms with Crippen LogP contribution in [0.5, 0.6) is 5.75 Å². The Balaban J connectivity index is 1.28. The van der Waals surface area contributed by atoms with Crippen LogP contribution in [0.2, 0.25) is 0 Å². The van der Waals surface area contributed by atoms with Gasteiger partial charge >= 0.3 is 0 Å². The van der Waals surface area contributed by atoms with E-state index in [0.29, 0.717) is 27.1 Å². The Morgan fingerprint density at radius 3 is 2.17 bits per heavy atom. The van der Waals surface area contributed by atoms with E-state index in [4.69, 9.17) is 4.74 Å².